The van der Waals surface area contributed by atoms with Gasteiger partial charge in [0.15, 0.2) is 11.5 Å². The van der Waals surface area contributed by atoms with Crippen LogP contribution in [-0.4, -0.2) is 51.7 Å². The van der Waals surface area contributed by atoms with Crippen molar-refractivity contribution in [3.05, 3.63) is 52.3 Å². The molecule has 2 aliphatic rings. The Kier molecular flexibility index (Phi) is 6.57. The molecule has 7 heteroatoms. The van der Waals surface area contributed by atoms with Crippen molar-refractivity contribution in [1.82, 2.24) is 4.90 Å². The highest BCUT2D eigenvalue weighted by atomic mass is 79.9. The van der Waals surface area contributed by atoms with Crippen LogP contribution in [0.5, 0.6) is 17.2 Å². The van der Waals surface area contributed by atoms with Crippen LogP contribution in [0.2, 0.25) is 0 Å². The first kappa shape index (κ1) is 20.4. The van der Waals surface area contributed by atoms with Gasteiger partial charge in [-0.05, 0) is 52.5 Å². The number of hydrogen-bond donors (Lipinski definition) is 0. The van der Waals surface area contributed by atoms with Crippen LogP contribution in [0.4, 0.5) is 4.39 Å². The van der Waals surface area contributed by atoms with Crippen molar-refractivity contribution < 1.29 is 23.3 Å². The van der Waals surface area contributed by atoms with Crippen LogP contribution >= 0.6 is 15.9 Å². The summed E-state index contributed by atoms with van der Waals surface area (Å²) in [7, 11) is 1.73. The van der Waals surface area contributed by atoms with Crippen LogP contribution < -0.4 is 14.2 Å². The normalized spacial score (nSPS) is 21.3. The van der Waals surface area contributed by atoms with Gasteiger partial charge in [0.2, 0.25) is 6.79 Å². The van der Waals surface area contributed by atoms with Gasteiger partial charge in [-0.3, -0.25) is 0 Å². The maximum atomic E-state index is 13.4. The van der Waals surface area contributed by atoms with Gasteiger partial charge >= 0.3 is 0 Å². The van der Waals surface area contributed by atoms with Crippen molar-refractivity contribution >= 4 is 15.9 Å². The molecule has 1 saturated heterocycles. The van der Waals surface area contributed by atoms with Gasteiger partial charge in [-0.2, -0.15) is 0 Å². The van der Waals surface area contributed by atoms with Gasteiger partial charge in [-0.25, -0.2) is 4.39 Å². The molecule has 2 atom stereocenters. The molecule has 0 aromatic heterocycles. The number of fused-ring (bicyclic) bond motifs is 1. The van der Waals surface area contributed by atoms with Gasteiger partial charge in [0.1, 0.15) is 11.6 Å². The number of benzene rings is 2. The van der Waals surface area contributed by atoms with Crippen molar-refractivity contribution in [3.63, 3.8) is 0 Å². The fourth-order valence-electron chi connectivity index (χ4n) is 4.05. The summed E-state index contributed by atoms with van der Waals surface area (Å²) in [5, 5.41) is 0. The van der Waals surface area contributed by atoms with Gasteiger partial charge in [-0.1, -0.05) is 12.1 Å². The molecule has 0 aliphatic carbocycles. The molecule has 2 heterocycles. The van der Waals surface area contributed by atoms with Crippen LogP contribution in [0.15, 0.2) is 40.9 Å². The number of hydrogen-bond acceptors (Lipinski definition) is 5. The summed E-state index contributed by atoms with van der Waals surface area (Å²) < 4.78 is 36.6. The standard InChI is InChI=1S/C22H25BrFNO4/c1-26-9-8-25-7-6-18(15-2-4-17(24)5-3-15)16(12-25)13-27-20-11-22-21(10-19(20)23)28-14-29-22/h2-5,10-11,16,18H,6-9,12-14H2,1H3/t16-,18-/m1/s1. The average molecular weight is 466 g/mol. The molecule has 2 aromatic carbocycles. The maximum Gasteiger partial charge on any atom is 0.231 e. The van der Waals surface area contributed by atoms with E-state index in [0.717, 1.165) is 47.6 Å². The number of likely N-dealkylation sites (tertiary alicyclic amines) is 1. The van der Waals surface area contributed by atoms with Crippen molar-refractivity contribution in [3.8, 4) is 17.2 Å². The van der Waals surface area contributed by atoms with E-state index in [0.29, 0.717) is 24.9 Å². The molecule has 0 N–H and O–H groups in total. The molecule has 29 heavy (non-hydrogen) atoms. The Morgan fingerprint density at radius 1 is 1.17 bits per heavy atom. The highest BCUT2D eigenvalue weighted by Gasteiger charge is 2.31. The Morgan fingerprint density at radius 2 is 1.93 bits per heavy atom. The van der Waals surface area contributed by atoms with Gasteiger partial charge in [-0.15, -0.1) is 0 Å². The highest BCUT2D eigenvalue weighted by molar-refractivity contribution is 9.10. The Morgan fingerprint density at radius 3 is 2.69 bits per heavy atom. The first-order chi connectivity index (χ1) is 14.1. The largest absolute Gasteiger partial charge is 0.492 e. The third-order valence-electron chi connectivity index (χ3n) is 5.61. The van der Waals surface area contributed by atoms with Gasteiger partial charge in [0.25, 0.3) is 0 Å². The summed E-state index contributed by atoms with van der Waals surface area (Å²) in [6, 6.07) is 10.6. The van der Waals surface area contributed by atoms with E-state index in [4.69, 9.17) is 18.9 Å². The molecule has 0 unspecified atom stereocenters. The molecule has 0 saturated carbocycles. The molecule has 1 fully saturated rings. The summed E-state index contributed by atoms with van der Waals surface area (Å²) in [5.74, 6) is 2.55. The summed E-state index contributed by atoms with van der Waals surface area (Å²) in [6.07, 6.45) is 1.01. The number of methoxy groups -OCH3 is 1. The molecule has 4 rings (SSSR count). The Labute approximate surface area is 178 Å². The maximum absolute atomic E-state index is 13.4. The summed E-state index contributed by atoms with van der Waals surface area (Å²) in [4.78, 5) is 2.41. The Hall–Kier alpha value is -1.83. The molecule has 2 aromatic rings. The van der Waals surface area contributed by atoms with Crippen LogP contribution in [0.3, 0.4) is 0 Å². The van der Waals surface area contributed by atoms with Crippen LogP contribution in [0.1, 0.15) is 17.9 Å². The van der Waals surface area contributed by atoms with E-state index < -0.39 is 0 Å². The van der Waals surface area contributed by atoms with E-state index in [1.54, 1.807) is 19.2 Å². The third-order valence-corrected chi connectivity index (χ3v) is 6.23. The lowest BCUT2D eigenvalue weighted by Gasteiger charge is -2.38. The smallest absolute Gasteiger partial charge is 0.231 e. The number of nitrogens with zero attached hydrogens (tertiary/aromatic N) is 1. The third kappa shape index (κ3) is 4.85. The molecule has 5 nitrogen and oxygen atoms in total. The Balaban J connectivity index is 1.49. The zero-order valence-corrected chi connectivity index (χ0v) is 18.0. The molecule has 0 spiro atoms. The minimum Gasteiger partial charge on any atom is -0.492 e. The number of rotatable bonds is 7. The fourth-order valence-corrected chi connectivity index (χ4v) is 4.49. The monoisotopic (exact) mass is 465 g/mol. The average Bonchev–Trinajstić information content (AvgIpc) is 3.18. The number of ether oxygens (including phenoxy) is 4. The second kappa shape index (κ2) is 9.32. The van der Waals surface area contributed by atoms with E-state index >= 15 is 0 Å². The van der Waals surface area contributed by atoms with Crippen LogP contribution in [0.25, 0.3) is 0 Å². The fraction of sp³-hybridized carbons (Fsp3) is 0.455. The van der Waals surface area contributed by atoms with Gasteiger partial charge < -0.3 is 23.8 Å². The molecular formula is C22H25BrFNO4. The summed E-state index contributed by atoms with van der Waals surface area (Å²) in [6.45, 7) is 4.31. The topological polar surface area (TPSA) is 40.2 Å². The number of halogens is 2. The molecule has 0 amide bonds. The SMILES string of the molecule is COCCN1CC[C@H](c2ccc(F)cc2)[C@@H](COc2cc3c(cc2Br)OCO3)C1. The predicted molar refractivity (Wildman–Crippen MR) is 111 cm³/mol. The van der Waals surface area contributed by atoms with Crippen molar-refractivity contribution in [2.75, 3.05) is 46.8 Å². The van der Waals surface area contributed by atoms with E-state index in [2.05, 4.69) is 20.8 Å². The first-order valence-electron chi connectivity index (χ1n) is 9.82. The van der Waals surface area contributed by atoms with E-state index in [9.17, 15) is 4.39 Å². The minimum atomic E-state index is -0.205. The molecule has 156 valence electrons. The second-order valence-corrected chi connectivity index (χ2v) is 8.30. The quantitative estimate of drug-likeness (QED) is 0.603. The van der Waals surface area contributed by atoms with Crippen molar-refractivity contribution in [1.29, 1.82) is 0 Å². The van der Waals surface area contributed by atoms with Crippen LogP contribution in [0, 0.1) is 11.7 Å². The molecule has 2 aliphatic heterocycles. The summed E-state index contributed by atoms with van der Waals surface area (Å²) >= 11 is 3.56. The van der Waals surface area contributed by atoms with E-state index in [-0.39, 0.29) is 18.5 Å². The lowest BCUT2D eigenvalue weighted by molar-refractivity contribution is 0.0831. The van der Waals surface area contributed by atoms with E-state index in [1.165, 1.54) is 0 Å². The van der Waals surface area contributed by atoms with Crippen molar-refractivity contribution in [2.24, 2.45) is 5.92 Å². The lowest BCUT2D eigenvalue weighted by Crippen LogP contribution is -2.43. The molecule has 0 radical (unpaired) electrons. The minimum absolute atomic E-state index is 0.205. The van der Waals surface area contributed by atoms with Crippen molar-refractivity contribution in [2.45, 2.75) is 12.3 Å². The van der Waals surface area contributed by atoms with Gasteiger partial charge in [0.05, 0.1) is 17.7 Å². The predicted octanol–water partition coefficient (Wildman–Crippen LogP) is 4.45. The first-order valence-corrected chi connectivity index (χ1v) is 10.6. The zero-order chi connectivity index (χ0) is 20.2. The number of piperidine rings is 1. The summed E-state index contributed by atoms with van der Waals surface area (Å²) in [5.41, 5.74) is 1.16. The molecular weight excluding hydrogens is 441 g/mol. The Bertz CT molecular complexity index is 832. The van der Waals surface area contributed by atoms with E-state index in [1.807, 2.05) is 24.3 Å². The molecule has 0 bridgehead atoms. The highest BCUT2D eigenvalue weighted by Crippen LogP contribution is 2.41. The van der Waals surface area contributed by atoms with Gasteiger partial charge in [0, 0.05) is 38.2 Å². The van der Waals surface area contributed by atoms with Crippen LogP contribution in [-0.2, 0) is 4.74 Å². The zero-order valence-electron chi connectivity index (χ0n) is 16.4. The second-order valence-electron chi connectivity index (χ2n) is 7.45. The lowest BCUT2D eigenvalue weighted by atomic mass is 9.81.